The van der Waals surface area contributed by atoms with Crippen molar-refractivity contribution in [1.82, 2.24) is 10.1 Å². The zero-order chi connectivity index (χ0) is 17.6. The Balaban J connectivity index is 1.49. The molecular weight excluding hydrogens is 389 g/mol. The number of aryl methyl sites for hydroxylation is 1. The van der Waals surface area contributed by atoms with Crippen LogP contribution in [0.2, 0.25) is 0 Å². The van der Waals surface area contributed by atoms with E-state index in [2.05, 4.69) is 31.4 Å². The molecule has 0 unspecified atom stereocenters. The van der Waals surface area contributed by atoms with E-state index in [1.807, 2.05) is 24.3 Å². The lowest BCUT2D eigenvalue weighted by Gasteiger charge is -2.04. The molecular formula is C18H15BrFN3O2. The number of benzene rings is 2. The second-order valence-electron chi connectivity index (χ2n) is 5.43. The van der Waals surface area contributed by atoms with Gasteiger partial charge in [-0.1, -0.05) is 27.2 Å². The largest absolute Gasteiger partial charge is 0.339 e. The van der Waals surface area contributed by atoms with Crippen LogP contribution in [0, 0.1) is 5.82 Å². The normalized spacial score (nSPS) is 10.6. The molecule has 0 aliphatic rings. The molecule has 0 bridgehead atoms. The zero-order valence-corrected chi connectivity index (χ0v) is 14.8. The SMILES string of the molecule is O=C(CCCc1nc(-c2ccc(F)cc2)no1)Nc1cccc(Br)c1. The highest BCUT2D eigenvalue weighted by atomic mass is 79.9. The van der Waals surface area contributed by atoms with Gasteiger partial charge in [0.1, 0.15) is 5.82 Å². The van der Waals surface area contributed by atoms with Crippen molar-refractivity contribution in [3.05, 3.63) is 64.7 Å². The molecule has 3 rings (SSSR count). The molecule has 5 nitrogen and oxygen atoms in total. The molecule has 1 heterocycles. The van der Waals surface area contributed by atoms with Crippen molar-refractivity contribution < 1.29 is 13.7 Å². The number of carbonyl (C=O) groups excluding carboxylic acids is 1. The Morgan fingerprint density at radius 1 is 1.20 bits per heavy atom. The van der Waals surface area contributed by atoms with Gasteiger partial charge in [0.15, 0.2) is 0 Å². The second-order valence-corrected chi connectivity index (χ2v) is 6.35. The first kappa shape index (κ1) is 17.3. The van der Waals surface area contributed by atoms with Gasteiger partial charge in [-0.3, -0.25) is 4.79 Å². The quantitative estimate of drug-likeness (QED) is 0.652. The fraction of sp³-hybridized carbons (Fsp3) is 0.167. The summed E-state index contributed by atoms with van der Waals surface area (Å²) < 4.78 is 19.0. The van der Waals surface area contributed by atoms with Crippen molar-refractivity contribution in [2.75, 3.05) is 5.32 Å². The van der Waals surface area contributed by atoms with E-state index in [0.29, 0.717) is 36.5 Å². The maximum atomic E-state index is 12.9. The summed E-state index contributed by atoms with van der Waals surface area (Å²) >= 11 is 3.36. The van der Waals surface area contributed by atoms with Crippen LogP contribution in [0.1, 0.15) is 18.7 Å². The van der Waals surface area contributed by atoms with Gasteiger partial charge in [0.25, 0.3) is 0 Å². The molecule has 0 fully saturated rings. The summed E-state index contributed by atoms with van der Waals surface area (Å²) in [7, 11) is 0. The van der Waals surface area contributed by atoms with Crippen LogP contribution in [0.3, 0.4) is 0 Å². The Morgan fingerprint density at radius 3 is 2.76 bits per heavy atom. The Kier molecular flexibility index (Phi) is 5.55. The molecule has 3 aromatic rings. The van der Waals surface area contributed by atoms with Crippen molar-refractivity contribution >= 4 is 27.5 Å². The minimum Gasteiger partial charge on any atom is -0.339 e. The molecule has 25 heavy (non-hydrogen) atoms. The van der Waals surface area contributed by atoms with Crippen molar-refractivity contribution in [2.45, 2.75) is 19.3 Å². The first-order valence-corrected chi connectivity index (χ1v) is 8.53. The lowest BCUT2D eigenvalue weighted by Crippen LogP contribution is -2.11. The highest BCUT2D eigenvalue weighted by Gasteiger charge is 2.10. The highest BCUT2D eigenvalue weighted by Crippen LogP contribution is 2.18. The maximum absolute atomic E-state index is 12.9. The molecule has 1 amide bonds. The highest BCUT2D eigenvalue weighted by molar-refractivity contribution is 9.10. The second kappa shape index (κ2) is 8.02. The molecule has 2 aromatic carbocycles. The Morgan fingerprint density at radius 2 is 2.00 bits per heavy atom. The molecule has 1 aromatic heterocycles. The lowest BCUT2D eigenvalue weighted by atomic mass is 10.2. The van der Waals surface area contributed by atoms with E-state index >= 15 is 0 Å². The molecule has 7 heteroatoms. The van der Waals surface area contributed by atoms with Crippen LogP contribution in [0.5, 0.6) is 0 Å². The van der Waals surface area contributed by atoms with Crippen LogP contribution in [0.25, 0.3) is 11.4 Å². The van der Waals surface area contributed by atoms with Gasteiger partial charge in [-0.15, -0.1) is 0 Å². The van der Waals surface area contributed by atoms with Crippen molar-refractivity contribution in [1.29, 1.82) is 0 Å². The monoisotopic (exact) mass is 403 g/mol. The van der Waals surface area contributed by atoms with E-state index in [-0.39, 0.29) is 11.7 Å². The maximum Gasteiger partial charge on any atom is 0.226 e. The summed E-state index contributed by atoms with van der Waals surface area (Å²) in [5.41, 5.74) is 1.43. The zero-order valence-electron chi connectivity index (χ0n) is 13.2. The molecule has 0 radical (unpaired) electrons. The molecule has 0 saturated carbocycles. The average Bonchev–Trinajstić information content (AvgIpc) is 3.04. The van der Waals surface area contributed by atoms with Gasteiger partial charge in [0.05, 0.1) is 0 Å². The number of anilines is 1. The molecule has 0 aliphatic carbocycles. The standard InChI is InChI=1S/C18H15BrFN3O2/c19-13-3-1-4-15(11-13)21-16(24)5-2-6-17-22-18(23-25-17)12-7-9-14(20)10-8-12/h1,3-4,7-11H,2,5-6H2,(H,21,24). The van der Waals surface area contributed by atoms with Gasteiger partial charge in [0, 0.05) is 28.6 Å². The van der Waals surface area contributed by atoms with E-state index in [1.54, 1.807) is 12.1 Å². The number of amides is 1. The van der Waals surface area contributed by atoms with Gasteiger partial charge < -0.3 is 9.84 Å². The van der Waals surface area contributed by atoms with E-state index in [1.165, 1.54) is 12.1 Å². The summed E-state index contributed by atoms with van der Waals surface area (Å²) in [6.45, 7) is 0. The fourth-order valence-corrected chi connectivity index (χ4v) is 2.66. The van der Waals surface area contributed by atoms with Crippen LogP contribution in [-0.4, -0.2) is 16.0 Å². The first-order chi connectivity index (χ1) is 12.1. The number of hydrogen-bond acceptors (Lipinski definition) is 4. The number of nitrogens with zero attached hydrogens (tertiary/aromatic N) is 2. The fourth-order valence-electron chi connectivity index (χ4n) is 2.26. The third-order valence-corrected chi connectivity index (χ3v) is 3.97. The van der Waals surface area contributed by atoms with Crippen molar-refractivity contribution in [3.63, 3.8) is 0 Å². The third-order valence-electron chi connectivity index (χ3n) is 3.47. The molecule has 0 atom stereocenters. The number of carbonyl (C=O) groups is 1. The van der Waals surface area contributed by atoms with E-state index in [9.17, 15) is 9.18 Å². The smallest absolute Gasteiger partial charge is 0.226 e. The van der Waals surface area contributed by atoms with E-state index in [4.69, 9.17) is 4.52 Å². The lowest BCUT2D eigenvalue weighted by molar-refractivity contribution is -0.116. The molecule has 0 saturated heterocycles. The summed E-state index contributed by atoms with van der Waals surface area (Å²) in [6.07, 6.45) is 1.44. The van der Waals surface area contributed by atoms with Gasteiger partial charge in [0.2, 0.25) is 17.6 Å². The Labute approximate surface area is 152 Å². The van der Waals surface area contributed by atoms with Crippen LogP contribution < -0.4 is 5.32 Å². The van der Waals surface area contributed by atoms with Crippen LogP contribution in [0.4, 0.5) is 10.1 Å². The summed E-state index contributed by atoms with van der Waals surface area (Å²) in [4.78, 5) is 16.2. The summed E-state index contributed by atoms with van der Waals surface area (Å²) in [5.74, 6) is 0.475. The molecule has 1 N–H and O–H groups in total. The number of aromatic nitrogens is 2. The van der Waals surface area contributed by atoms with Gasteiger partial charge >= 0.3 is 0 Å². The topological polar surface area (TPSA) is 68.0 Å². The number of rotatable bonds is 6. The average molecular weight is 404 g/mol. The van der Waals surface area contributed by atoms with Crippen molar-refractivity contribution in [3.8, 4) is 11.4 Å². The minimum absolute atomic E-state index is 0.0728. The first-order valence-electron chi connectivity index (χ1n) is 7.74. The predicted octanol–water partition coefficient (Wildman–Crippen LogP) is 4.60. The van der Waals surface area contributed by atoms with Gasteiger partial charge in [-0.2, -0.15) is 4.98 Å². The van der Waals surface area contributed by atoms with Crippen LogP contribution in [0.15, 0.2) is 57.5 Å². The van der Waals surface area contributed by atoms with Gasteiger partial charge in [-0.25, -0.2) is 4.39 Å². The Hall–Kier alpha value is -2.54. The minimum atomic E-state index is -0.316. The van der Waals surface area contributed by atoms with E-state index in [0.717, 1.165) is 10.2 Å². The Bertz CT molecular complexity index is 865. The van der Waals surface area contributed by atoms with E-state index < -0.39 is 0 Å². The third kappa shape index (κ3) is 4.96. The summed E-state index contributed by atoms with van der Waals surface area (Å²) in [5, 5.41) is 6.71. The van der Waals surface area contributed by atoms with Crippen LogP contribution >= 0.6 is 15.9 Å². The molecule has 128 valence electrons. The number of nitrogens with one attached hydrogen (secondary N) is 1. The van der Waals surface area contributed by atoms with Crippen molar-refractivity contribution in [2.24, 2.45) is 0 Å². The number of halogens is 2. The van der Waals surface area contributed by atoms with Gasteiger partial charge in [-0.05, 0) is 48.9 Å². The number of hydrogen-bond donors (Lipinski definition) is 1. The predicted molar refractivity (Wildman–Crippen MR) is 95.4 cm³/mol. The van der Waals surface area contributed by atoms with Crippen LogP contribution in [-0.2, 0) is 11.2 Å². The molecule has 0 aliphatic heterocycles. The molecule has 0 spiro atoms. The summed E-state index contributed by atoms with van der Waals surface area (Å²) in [6, 6.07) is 13.3.